The smallest absolute Gasteiger partial charge is 0.313 e. The van der Waals surface area contributed by atoms with Crippen LogP contribution < -0.4 is 0 Å². The number of carbonyl (C=O) groups is 1. The molecule has 1 aromatic carbocycles. The van der Waals surface area contributed by atoms with Crippen LogP contribution in [0.1, 0.15) is 5.69 Å². The van der Waals surface area contributed by atoms with E-state index in [2.05, 4.69) is 9.97 Å². The van der Waals surface area contributed by atoms with E-state index in [0.29, 0.717) is 10.2 Å². The maximum absolute atomic E-state index is 10.5. The van der Waals surface area contributed by atoms with Crippen LogP contribution in [0.3, 0.4) is 0 Å². The predicted molar refractivity (Wildman–Crippen MR) is 72.1 cm³/mol. The number of rotatable bonds is 4. The number of imidazole rings is 1. The molecule has 0 aliphatic rings. The van der Waals surface area contributed by atoms with Gasteiger partial charge < -0.3 is 10.1 Å². The average molecular weight is 283 g/mol. The first-order valence-electron chi connectivity index (χ1n) is 5.23. The molecule has 2 rings (SSSR count). The zero-order chi connectivity index (χ0) is 13.1. The third-order valence-electron chi connectivity index (χ3n) is 2.29. The molecule has 0 unspecified atom stereocenters. The lowest BCUT2D eigenvalue weighted by atomic mass is 10.1. The number of nitrogens with one attached hydrogen (secondary N) is 1. The van der Waals surface area contributed by atoms with E-state index >= 15 is 0 Å². The predicted octanol–water partition coefficient (Wildman–Crippen LogP) is 3.22. The summed E-state index contributed by atoms with van der Waals surface area (Å²) in [6.45, 7) is 1.90. The van der Waals surface area contributed by atoms with Crippen molar-refractivity contribution in [3.8, 4) is 11.3 Å². The van der Waals surface area contributed by atoms with E-state index in [0.717, 1.165) is 28.7 Å². The standard InChI is InChI=1S/C12H11ClN2O2S/c1-7-11(8-3-2-4-9(13)5-8)15-12(14-7)18-6-10(16)17/h2-5H,6H2,1H3,(H,14,15)(H,16,17). The van der Waals surface area contributed by atoms with E-state index in [1.807, 2.05) is 25.1 Å². The molecule has 2 aromatic rings. The number of carboxylic acids is 1. The first-order chi connectivity index (χ1) is 8.56. The van der Waals surface area contributed by atoms with Crippen molar-refractivity contribution in [2.45, 2.75) is 12.1 Å². The Hall–Kier alpha value is -1.46. The molecule has 0 spiro atoms. The lowest BCUT2D eigenvalue weighted by Gasteiger charge is -1.98. The van der Waals surface area contributed by atoms with Gasteiger partial charge in [-0.25, -0.2) is 4.98 Å². The van der Waals surface area contributed by atoms with E-state index in [-0.39, 0.29) is 5.75 Å². The number of aromatic amines is 1. The summed E-state index contributed by atoms with van der Waals surface area (Å²) in [5.74, 6) is -0.875. The lowest BCUT2D eigenvalue weighted by molar-refractivity contribution is -0.133. The summed E-state index contributed by atoms with van der Waals surface area (Å²) in [7, 11) is 0. The molecular formula is C12H11ClN2O2S. The van der Waals surface area contributed by atoms with Crippen LogP contribution in [0.4, 0.5) is 0 Å². The molecule has 2 N–H and O–H groups in total. The van der Waals surface area contributed by atoms with Gasteiger partial charge in [0.15, 0.2) is 5.16 Å². The summed E-state index contributed by atoms with van der Waals surface area (Å²) < 4.78 is 0. The van der Waals surface area contributed by atoms with Crippen LogP contribution in [0.2, 0.25) is 5.02 Å². The molecule has 0 bridgehead atoms. The highest BCUT2D eigenvalue weighted by Gasteiger charge is 2.10. The molecule has 4 nitrogen and oxygen atoms in total. The monoisotopic (exact) mass is 282 g/mol. The second-order valence-corrected chi connectivity index (χ2v) is 5.11. The minimum Gasteiger partial charge on any atom is -0.481 e. The van der Waals surface area contributed by atoms with Crippen LogP contribution in [0.5, 0.6) is 0 Å². The van der Waals surface area contributed by atoms with Gasteiger partial charge in [0, 0.05) is 16.3 Å². The molecule has 0 saturated carbocycles. The fraction of sp³-hybridized carbons (Fsp3) is 0.167. The summed E-state index contributed by atoms with van der Waals surface area (Å²) in [4.78, 5) is 17.9. The highest BCUT2D eigenvalue weighted by atomic mass is 35.5. The largest absolute Gasteiger partial charge is 0.481 e. The summed E-state index contributed by atoms with van der Waals surface area (Å²) in [6.07, 6.45) is 0. The second kappa shape index (κ2) is 5.46. The van der Waals surface area contributed by atoms with E-state index in [9.17, 15) is 4.79 Å². The van der Waals surface area contributed by atoms with Crippen LogP contribution in [0.25, 0.3) is 11.3 Å². The fourth-order valence-electron chi connectivity index (χ4n) is 1.55. The van der Waals surface area contributed by atoms with Crippen molar-refractivity contribution in [1.82, 2.24) is 9.97 Å². The summed E-state index contributed by atoms with van der Waals surface area (Å²) in [5.41, 5.74) is 2.61. The Balaban J connectivity index is 2.26. The van der Waals surface area contributed by atoms with Gasteiger partial charge in [-0.3, -0.25) is 4.79 Å². The van der Waals surface area contributed by atoms with Gasteiger partial charge in [0.05, 0.1) is 11.4 Å². The Labute approximate surface area is 113 Å². The molecule has 0 aliphatic heterocycles. The molecule has 0 aliphatic carbocycles. The Morgan fingerprint density at radius 2 is 2.33 bits per heavy atom. The number of aryl methyl sites for hydroxylation is 1. The van der Waals surface area contributed by atoms with Crippen molar-refractivity contribution in [3.63, 3.8) is 0 Å². The number of hydrogen-bond acceptors (Lipinski definition) is 3. The van der Waals surface area contributed by atoms with E-state index in [4.69, 9.17) is 16.7 Å². The van der Waals surface area contributed by atoms with Gasteiger partial charge in [-0.2, -0.15) is 0 Å². The average Bonchev–Trinajstić information content (AvgIpc) is 2.68. The first kappa shape index (κ1) is 13.0. The minimum absolute atomic E-state index is 0.0120. The number of halogens is 1. The van der Waals surface area contributed by atoms with Crippen LogP contribution in [0, 0.1) is 6.92 Å². The van der Waals surface area contributed by atoms with Crippen LogP contribution in [-0.4, -0.2) is 26.8 Å². The molecule has 94 valence electrons. The number of aliphatic carboxylic acids is 1. The number of benzene rings is 1. The summed E-state index contributed by atoms with van der Waals surface area (Å²) >= 11 is 7.10. The highest BCUT2D eigenvalue weighted by molar-refractivity contribution is 7.99. The Kier molecular flexibility index (Phi) is 3.93. The van der Waals surface area contributed by atoms with Gasteiger partial charge in [-0.05, 0) is 19.1 Å². The Morgan fingerprint density at radius 3 is 3.00 bits per heavy atom. The number of carboxylic acid groups (broad SMARTS) is 1. The number of aromatic nitrogens is 2. The van der Waals surface area contributed by atoms with Crippen LogP contribution >= 0.6 is 23.4 Å². The molecule has 6 heteroatoms. The van der Waals surface area contributed by atoms with Crippen molar-refractivity contribution in [2.75, 3.05) is 5.75 Å². The van der Waals surface area contributed by atoms with Gasteiger partial charge in [-0.15, -0.1) is 0 Å². The molecular weight excluding hydrogens is 272 g/mol. The third kappa shape index (κ3) is 3.05. The molecule has 0 saturated heterocycles. The third-order valence-corrected chi connectivity index (χ3v) is 3.39. The zero-order valence-electron chi connectivity index (χ0n) is 9.61. The van der Waals surface area contributed by atoms with Crippen LogP contribution in [0.15, 0.2) is 29.4 Å². The van der Waals surface area contributed by atoms with Crippen LogP contribution in [-0.2, 0) is 4.79 Å². The van der Waals surface area contributed by atoms with Crippen molar-refractivity contribution in [3.05, 3.63) is 35.0 Å². The maximum Gasteiger partial charge on any atom is 0.313 e. The fourth-order valence-corrected chi connectivity index (χ4v) is 2.38. The summed E-state index contributed by atoms with van der Waals surface area (Å²) in [5, 5.41) is 9.87. The van der Waals surface area contributed by atoms with E-state index < -0.39 is 5.97 Å². The molecule has 0 fully saturated rings. The van der Waals surface area contributed by atoms with Crippen molar-refractivity contribution >= 4 is 29.3 Å². The normalized spacial score (nSPS) is 10.6. The molecule has 0 atom stereocenters. The summed E-state index contributed by atoms with van der Waals surface area (Å²) in [6, 6.07) is 7.40. The lowest BCUT2D eigenvalue weighted by Crippen LogP contribution is -1.97. The Morgan fingerprint density at radius 1 is 1.56 bits per heavy atom. The van der Waals surface area contributed by atoms with E-state index in [1.165, 1.54) is 0 Å². The van der Waals surface area contributed by atoms with Crippen molar-refractivity contribution in [2.24, 2.45) is 0 Å². The van der Waals surface area contributed by atoms with E-state index in [1.54, 1.807) is 6.07 Å². The van der Waals surface area contributed by atoms with Gasteiger partial charge in [0.25, 0.3) is 0 Å². The van der Waals surface area contributed by atoms with Crippen molar-refractivity contribution in [1.29, 1.82) is 0 Å². The molecule has 0 amide bonds. The molecule has 0 radical (unpaired) electrons. The Bertz CT molecular complexity index is 583. The number of nitrogens with zero attached hydrogens (tertiary/aromatic N) is 1. The van der Waals surface area contributed by atoms with Gasteiger partial charge in [-0.1, -0.05) is 35.5 Å². The molecule has 1 aromatic heterocycles. The number of hydrogen-bond donors (Lipinski definition) is 2. The van der Waals surface area contributed by atoms with Gasteiger partial charge in [0.1, 0.15) is 0 Å². The molecule has 18 heavy (non-hydrogen) atoms. The number of thioether (sulfide) groups is 1. The zero-order valence-corrected chi connectivity index (χ0v) is 11.2. The second-order valence-electron chi connectivity index (χ2n) is 3.71. The topological polar surface area (TPSA) is 66.0 Å². The minimum atomic E-state index is -0.863. The van der Waals surface area contributed by atoms with Gasteiger partial charge in [0.2, 0.25) is 0 Å². The first-order valence-corrected chi connectivity index (χ1v) is 6.60. The maximum atomic E-state index is 10.5. The quantitative estimate of drug-likeness (QED) is 0.845. The molecule has 1 heterocycles. The van der Waals surface area contributed by atoms with Gasteiger partial charge >= 0.3 is 5.97 Å². The SMILES string of the molecule is Cc1[nH]c(SCC(=O)O)nc1-c1cccc(Cl)c1. The van der Waals surface area contributed by atoms with Crippen molar-refractivity contribution < 1.29 is 9.90 Å². The highest BCUT2D eigenvalue weighted by Crippen LogP contribution is 2.26. The number of H-pyrrole nitrogens is 1.